The Morgan fingerprint density at radius 2 is 1.96 bits per heavy atom. The first-order chi connectivity index (χ1) is 11.9. The number of hydrogen-bond acceptors (Lipinski definition) is 6. The fourth-order valence-corrected chi connectivity index (χ4v) is 3.23. The van der Waals surface area contributed by atoms with E-state index in [0.29, 0.717) is 54.9 Å². The van der Waals surface area contributed by atoms with Crippen molar-refractivity contribution in [1.82, 2.24) is 19.9 Å². The summed E-state index contributed by atoms with van der Waals surface area (Å²) >= 11 is 0. The molecule has 3 rings (SSSR count). The summed E-state index contributed by atoms with van der Waals surface area (Å²) in [4.78, 5) is 32.6. The van der Waals surface area contributed by atoms with Gasteiger partial charge in [-0.25, -0.2) is 0 Å². The third-order valence-electron chi connectivity index (χ3n) is 4.45. The van der Waals surface area contributed by atoms with E-state index < -0.39 is 0 Å². The first kappa shape index (κ1) is 17.2. The Labute approximate surface area is 145 Å². The van der Waals surface area contributed by atoms with Crippen LogP contribution in [-0.4, -0.2) is 51.4 Å². The van der Waals surface area contributed by atoms with Crippen molar-refractivity contribution in [2.45, 2.75) is 40.2 Å². The summed E-state index contributed by atoms with van der Waals surface area (Å²) in [7, 11) is 0. The van der Waals surface area contributed by atoms with Gasteiger partial charge in [0, 0.05) is 26.6 Å². The highest BCUT2D eigenvalue weighted by Gasteiger charge is 2.33. The number of amides is 2. The molecule has 1 fully saturated rings. The molecule has 1 aliphatic rings. The predicted molar refractivity (Wildman–Crippen MR) is 87.9 cm³/mol. The summed E-state index contributed by atoms with van der Waals surface area (Å²) in [5.41, 5.74) is 0.568. The zero-order chi connectivity index (χ0) is 18.1. The zero-order valence-corrected chi connectivity index (χ0v) is 14.9. The molecule has 8 nitrogen and oxygen atoms in total. The van der Waals surface area contributed by atoms with Gasteiger partial charge in [-0.3, -0.25) is 9.59 Å². The molecule has 25 heavy (non-hydrogen) atoms. The molecule has 0 N–H and O–H groups in total. The maximum Gasteiger partial charge on any atom is 0.257 e. The lowest BCUT2D eigenvalue weighted by Gasteiger charge is -2.25. The summed E-state index contributed by atoms with van der Waals surface area (Å²) in [6, 6.07) is 1.44. The van der Waals surface area contributed by atoms with Crippen molar-refractivity contribution in [1.29, 1.82) is 0 Å². The van der Waals surface area contributed by atoms with Gasteiger partial charge in [-0.1, -0.05) is 5.16 Å². The number of furan rings is 1. The van der Waals surface area contributed by atoms with Gasteiger partial charge < -0.3 is 18.7 Å². The first-order valence-electron chi connectivity index (χ1n) is 8.30. The van der Waals surface area contributed by atoms with Crippen LogP contribution in [0.4, 0.5) is 0 Å². The summed E-state index contributed by atoms with van der Waals surface area (Å²) in [6.07, 6.45) is 0.544. The van der Waals surface area contributed by atoms with Crippen LogP contribution in [-0.2, 0) is 4.79 Å². The van der Waals surface area contributed by atoms with E-state index >= 15 is 0 Å². The fraction of sp³-hybridized carbons (Fsp3) is 0.529. The fourth-order valence-electron chi connectivity index (χ4n) is 3.23. The number of rotatable bonds is 2. The Balaban J connectivity index is 1.82. The molecule has 0 spiro atoms. The van der Waals surface area contributed by atoms with E-state index in [-0.39, 0.29) is 17.9 Å². The van der Waals surface area contributed by atoms with E-state index in [0.717, 1.165) is 0 Å². The van der Waals surface area contributed by atoms with Gasteiger partial charge in [-0.05, 0) is 33.3 Å². The molecule has 1 aliphatic heterocycles. The van der Waals surface area contributed by atoms with Gasteiger partial charge in [-0.2, -0.15) is 4.98 Å². The highest BCUT2D eigenvalue weighted by molar-refractivity contribution is 5.95. The minimum Gasteiger partial charge on any atom is -0.466 e. The Morgan fingerprint density at radius 1 is 1.20 bits per heavy atom. The van der Waals surface area contributed by atoms with Crippen LogP contribution in [0.5, 0.6) is 0 Å². The summed E-state index contributed by atoms with van der Waals surface area (Å²) in [6.45, 7) is 8.22. The zero-order valence-electron chi connectivity index (χ0n) is 14.9. The summed E-state index contributed by atoms with van der Waals surface area (Å²) in [5, 5.41) is 3.82. The molecule has 0 aliphatic carbocycles. The van der Waals surface area contributed by atoms with Crippen molar-refractivity contribution >= 4 is 11.8 Å². The molecule has 2 aromatic heterocycles. The van der Waals surface area contributed by atoms with Crippen LogP contribution in [0.1, 0.15) is 53.0 Å². The molecule has 2 aromatic rings. The largest absolute Gasteiger partial charge is 0.466 e. The van der Waals surface area contributed by atoms with Gasteiger partial charge in [-0.15, -0.1) is 0 Å². The second-order valence-corrected chi connectivity index (χ2v) is 6.32. The highest BCUT2D eigenvalue weighted by atomic mass is 16.5. The smallest absolute Gasteiger partial charge is 0.257 e. The van der Waals surface area contributed by atoms with E-state index in [2.05, 4.69) is 10.1 Å². The van der Waals surface area contributed by atoms with E-state index in [1.165, 1.54) is 6.92 Å². The molecule has 1 atom stereocenters. The average Bonchev–Trinajstić information content (AvgIpc) is 3.03. The van der Waals surface area contributed by atoms with Crippen LogP contribution in [0.15, 0.2) is 15.0 Å². The third-order valence-corrected chi connectivity index (χ3v) is 4.45. The van der Waals surface area contributed by atoms with E-state index in [1.54, 1.807) is 29.7 Å². The van der Waals surface area contributed by atoms with E-state index in [1.807, 2.05) is 6.92 Å². The van der Waals surface area contributed by atoms with E-state index in [4.69, 9.17) is 8.94 Å². The number of nitrogens with zero attached hydrogens (tertiary/aromatic N) is 4. The van der Waals surface area contributed by atoms with Crippen LogP contribution in [0.3, 0.4) is 0 Å². The SMILES string of the molecule is CC(=O)N1CCN(C(=O)c2cc(C)oc2C)CCC1c1nc(C)no1. The van der Waals surface area contributed by atoms with Gasteiger partial charge >= 0.3 is 0 Å². The molecule has 0 radical (unpaired) electrons. The lowest BCUT2D eigenvalue weighted by Crippen LogP contribution is -2.37. The predicted octanol–water partition coefficient (Wildman–Crippen LogP) is 2.02. The minimum atomic E-state index is -0.316. The summed E-state index contributed by atoms with van der Waals surface area (Å²) < 4.78 is 10.7. The van der Waals surface area contributed by atoms with E-state index in [9.17, 15) is 9.59 Å². The average molecular weight is 346 g/mol. The van der Waals surface area contributed by atoms with Crippen molar-refractivity contribution in [3.8, 4) is 0 Å². The molecule has 0 bridgehead atoms. The van der Waals surface area contributed by atoms with Crippen molar-refractivity contribution in [3.05, 3.63) is 34.9 Å². The van der Waals surface area contributed by atoms with Crippen LogP contribution in [0.25, 0.3) is 0 Å². The molecular weight excluding hydrogens is 324 g/mol. The van der Waals surface area contributed by atoms with Gasteiger partial charge in [0.15, 0.2) is 5.82 Å². The monoisotopic (exact) mass is 346 g/mol. The molecule has 2 amide bonds. The molecule has 3 heterocycles. The molecular formula is C17H22N4O4. The number of hydrogen-bond donors (Lipinski definition) is 0. The Kier molecular flexibility index (Phi) is 4.61. The van der Waals surface area contributed by atoms with Crippen molar-refractivity contribution in [3.63, 3.8) is 0 Å². The molecule has 1 unspecified atom stereocenters. The highest BCUT2D eigenvalue weighted by Crippen LogP contribution is 2.27. The van der Waals surface area contributed by atoms with Crippen LogP contribution >= 0.6 is 0 Å². The first-order valence-corrected chi connectivity index (χ1v) is 8.30. The second-order valence-electron chi connectivity index (χ2n) is 6.32. The minimum absolute atomic E-state index is 0.0783. The van der Waals surface area contributed by atoms with Crippen molar-refractivity contribution in [2.24, 2.45) is 0 Å². The number of aromatic nitrogens is 2. The van der Waals surface area contributed by atoms with Crippen LogP contribution < -0.4 is 0 Å². The molecule has 0 saturated carbocycles. The lowest BCUT2D eigenvalue weighted by molar-refractivity contribution is -0.131. The Bertz CT molecular complexity index is 794. The Hall–Kier alpha value is -2.64. The maximum absolute atomic E-state index is 12.8. The third kappa shape index (κ3) is 3.42. The van der Waals surface area contributed by atoms with Gasteiger partial charge in [0.1, 0.15) is 17.6 Å². The standard InChI is InChI=1S/C17H22N4O4/c1-10-9-14(11(2)24-10)17(23)20-6-5-15(16-18-12(3)19-25-16)21(8-7-20)13(4)22/h9,15H,5-8H2,1-4H3. The van der Waals surface area contributed by atoms with Gasteiger partial charge in [0.05, 0.1) is 5.56 Å². The van der Waals surface area contributed by atoms with Crippen LogP contribution in [0, 0.1) is 20.8 Å². The molecule has 0 aromatic carbocycles. The maximum atomic E-state index is 12.8. The number of carbonyl (C=O) groups is 2. The van der Waals surface area contributed by atoms with Gasteiger partial charge in [0.25, 0.3) is 5.91 Å². The molecule has 8 heteroatoms. The lowest BCUT2D eigenvalue weighted by atomic mass is 10.1. The number of carbonyl (C=O) groups excluding carboxylic acids is 2. The normalized spacial score (nSPS) is 18.3. The Morgan fingerprint density at radius 3 is 2.52 bits per heavy atom. The topological polar surface area (TPSA) is 92.7 Å². The number of aryl methyl sites for hydroxylation is 3. The van der Waals surface area contributed by atoms with Crippen molar-refractivity contribution < 1.29 is 18.5 Å². The van der Waals surface area contributed by atoms with Crippen molar-refractivity contribution in [2.75, 3.05) is 19.6 Å². The summed E-state index contributed by atoms with van der Waals surface area (Å²) in [5.74, 6) is 2.10. The molecule has 1 saturated heterocycles. The van der Waals surface area contributed by atoms with Gasteiger partial charge in [0.2, 0.25) is 11.8 Å². The second kappa shape index (κ2) is 6.70. The quantitative estimate of drug-likeness (QED) is 0.826. The van der Waals surface area contributed by atoms with Crippen LogP contribution in [0.2, 0.25) is 0 Å². The molecule has 134 valence electrons.